The molecule has 0 radical (unpaired) electrons. The van der Waals surface area contributed by atoms with Gasteiger partial charge in [0.1, 0.15) is 0 Å². The van der Waals surface area contributed by atoms with E-state index in [-0.39, 0.29) is 17.9 Å². The molecule has 0 N–H and O–H groups in total. The molecule has 0 spiro atoms. The van der Waals surface area contributed by atoms with Gasteiger partial charge in [0, 0.05) is 5.92 Å². The zero-order chi connectivity index (χ0) is 15.3. The Bertz CT molecular complexity index is 343. The Morgan fingerprint density at radius 3 is 1.86 bits per heavy atom. The molecule has 1 saturated heterocycles. The number of esters is 2. The van der Waals surface area contributed by atoms with Gasteiger partial charge in [-0.15, -0.1) is 0 Å². The van der Waals surface area contributed by atoms with Gasteiger partial charge < -0.3 is 9.47 Å². The Morgan fingerprint density at radius 1 is 0.952 bits per heavy atom. The first-order chi connectivity index (χ1) is 10.1. The van der Waals surface area contributed by atoms with E-state index in [2.05, 4.69) is 13.8 Å². The number of rotatable bonds is 7. The lowest BCUT2D eigenvalue weighted by atomic mass is 9.77. The molecule has 0 bridgehead atoms. The summed E-state index contributed by atoms with van der Waals surface area (Å²) < 4.78 is 11.1. The monoisotopic (exact) mass is 296 g/mol. The van der Waals surface area contributed by atoms with Crippen LogP contribution in [0.1, 0.15) is 78.1 Å². The number of ether oxygens (including phenoxy) is 2. The van der Waals surface area contributed by atoms with Crippen LogP contribution in [-0.4, -0.2) is 18.2 Å². The first-order valence-corrected chi connectivity index (χ1v) is 8.56. The van der Waals surface area contributed by atoms with Crippen molar-refractivity contribution in [1.29, 1.82) is 0 Å². The standard InChI is InChI=1S/C17H28O4/c1-3-5-11-17(12-6-4-2)15(18)20-14(21-16(17)19)13-9-7-8-10-13/h13-14H,3-12H2,1-2H3. The van der Waals surface area contributed by atoms with Crippen molar-refractivity contribution in [2.75, 3.05) is 0 Å². The van der Waals surface area contributed by atoms with Crippen LogP contribution >= 0.6 is 0 Å². The van der Waals surface area contributed by atoms with Crippen molar-refractivity contribution >= 4 is 11.9 Å². The van der Waals surface area contributed by atoms with Crippen molar-refractivity contribution in [1.82, 2.24) is 0 Å². The second-order valence-electron chi connectivity index (χ2n) is 6.51. The van der Waals surface area contributed by atoms with E-state index in [1.807, 2.05) is 0 Å². The summed E-state index contributed by atoms with van der Waals surface area (Å²) in [5, 5.41) is 0. The Kier molecular flexibility index (Phi) is 5.65. The van der Waals surface area contributed by atoms with E-state index in [9.17, 15) is 9.59 Å². The average Bonchev–Trinajstić information content (AvgIpc) is 3.00. The molecule has 2 aliphatic rings. The zero-order valence-corrected chi connectivity index (χ0v) is 13.4. The highest BCUT2D eigenvalue weighted by molar-refractivity contribution is 6.01. The van der Waals surface area contributed by atoms with Crippen LogP contribution in [0.4, 0.5) is 0 Å². The summed E-state index contributed by atoms with van der Waals surface area (Å²) in [5.74, 6) is -0.469. The molecule has 0 aromatic carbocycles. The average molecular weight is 296 g/mol. The van der Waals surface area contributed by atoms with Gasteiger partial charge in [-0.3, -0.25) is 9.59 Å². The number of hydrogen-bond acceptors (Lipinski definition) is 4. The van der Waals surface area contributed by atoms with Gasteiger partial charge in [0.15, 0.2) is 5.41 Å². The summed E-state index contributed by atoms with van der Waals surface area (Å²) in [7, 11) is 0. The minimum atomic E-state index is -1.04. The van der Waals surface area contributed by atoms with Gasteiger partial charge in [-0.1, -0.05) is 52.4 Å². The molecule has 0 aromatic heterocycles. The molecule has 1 aliphatic carbocycles. The summed E-state index contributed by atoms with van der Waals surface area (Å²) in [6, 6.07) is 0. The SMILES string of the molecule is CCCCC1(CCCC)C(=O)OC(C2CCCC2)OC1=O. The highest BCUT2D eigenvalue weighted by atomic mass is 16.7. The van der Waals surface area contributed by atoms with Crippen molar-refractivity contribution in [2.24, 2.45) is 11.3 Å². The lowest BCUT2D eigenvalue weighted by Crippen LogP contribution is -2.51. The molecule has 21 heavy (non-hydrogen) atoms. The van der Waals surface area contributed by atoms with Crippen molar-refractivity contribution in [3.8, 4) is 0 Å². The van der Waals surface area contributed by atoms with Crippen LogP contribution in [0.5, 0.6) is 0 Å². The second-order valence-corrected chi connectivity index (χ2v) is 6.51. The van der Waals surface area contributed by atoms with Gasteiger partial charge in [-0.25, -0.2) is 0 Å². The third-order valence-electron chi connectivity index (χ3n) is 4.93. The van der Waals surface area contributed by atoms with Gasteiger partial charge in [0.25, 0.3) is 0 Å². The number of hydrogen-bond donors (Lipinski definition) is 0. The molecule has 4 heteroatoms. The maximum Gasteiger partial charge on any atom is 0.326 e. The minimum absolute atomic E-state index is 0.202. The van der Waals surface area contributed by atoms with Crippen LogP contribution in [0.3, 0.4) is 0 Å². The highest BCUT2D eigenvalue weighted by Gasteiger charge is 2.54. The highest BCUT2D eigenvalue weighted by Crippen LogP contribution is 2.41. The first kappa shape index (κ1) is 16.3. The third kappa shape index (κ3) is 3.41. The molecular weight excluding hydrogens is 268 g/mol. The molecule has 1 heterocycles. The summed E-state index contributed by atoms with van der Waals surface area (Å²) in [5.41, 5.74) is -1.04. The normalized spacial score (nSPS) is 23.1. The van der Waals surface area contributed by atoms with E-state index in [1.54, 1.807) is 0 Å². The van der Waals surface area contributed by atoms with Crippen molar-refractivity contribution in [3.05, 3.63) is 0 Å². The first-order valence-electron chi connectivity index (χ1n) is 8.56. The molecule has 2 fully saturated rings. The second kappa shape index (κ2) is 7.28. The molecule has 0 amide bonds. The topological polar surface area (TPSA) is 52.6 Å². The van der Waals surface area contributed by atoms with Crippen LogP contribution in [0.2, 0.25) is 0 Å². The van der Waals surface area contributed by atoms with E-state index < -0.39 is 11.7 Å². The van der Waals surface area contributed by atoms with Crippen molar-refractivity contribution in [2.45, 2.75) is 84.3 Å². The fourth-order valence-corrected chi connectivity index (χ4v) is 3.46. The predicted molar refractivity (Wildman–Crippen MR) is 79.4 cm³/mol. The molecule has 0 atom stereocenters. The van der Waals surface area contributed by atoms with Gasteiger partial charge in [-0.05, 0) is 25.7 Å². The minimum Gasteiger partial charge on any atom is -0.424 e. The van der Waals surface area contributed by atoms with Crippen LogP contribution in [0.15, 0.2) is 0 Å². The fraction of sp³-hybridized carbons (Fsp3) is 0.882. The maximum atomic E-state index is 12.6. The van der Waals surface area contributed by atoms with E-state index in [0.29, 0.717) is 12.8 Å². The Morgan fingerprint density at radius 2 is 1.43 bits per heavy atom. The molecule has 0 unspecified atom stereocenters. The quantitative estimate of drug-likeness (QED) is 0.527. The molecule has 2 rings (SSSR count). The van der Waals surface area contributed by atoms with Crippen molar-refractivity contribution < 1.29 is 19.1 Å². The van der Waals surface area contributed by atoms with Gasteiger partial charge >= 0.3 is 11.9 Å². The summed E-state index contributed by atoms with van der Waals surface area (Å²) in [6.07, 6.45) is 8.33. The van der Waals surface area contributed by atoms with E-state index >= 15 is 0 Å². The largest absolute Gasteiger partial charge is 0.424 e. The van der Waals surface area contributed by atoms with E-state index in [4.69, 9.17) is 9.47 Å². The van der Waals surface area contributed by atoms with Crippen LogP contribution in [-0.2, 0) is 19.1 Å². The van der Waals surface area contributed by atoms with Gasteiger partial charge in [0.2, 0.25) is 6.29 Å². The lowest BCUT2D eigenvalue weighted by molar-refractivity contribution is -0.234. The number of carbonyl (C=O) groups excluding carboxylic acids is 2. The van der Waals surface area contributed by atoms with Crippen molar-refractivity contribution in [3.63, 3.8) is 0 Å². The van der Waals surface area contributed by atoms with E-state index in [1.165, 1.54) is 0 Å². The molecule has 0 aromatic rings. The van der Waals surface area contributed by atoms with Crippen LogP contribution in [0.25, 0.3) is 0 Å². The lowest BCUT2D eigenvalue weighted by Gasteiger charge is -2.38. The molecule has 1 saturated carbocycles. The maximum absolute atomic E-state index is 12.6. The van der Waals surface area contributed by atoms with Crippen LogP contribution < -0.4 is 0 Å². The van der Waals surface area contributed by atoms with Gasteiger partial charge in [0.05, 0.1) is 0 Å². The molecular formula is C17H28O4. The summed E-state index contributed by atoms with van der Waals surface area (Å²) in [6.45, 7) is 4.13. The number of cyclic esters (lactones) is 2. The third-order valence-corrected chi connectivity index (χ3v) is 4.93. The Hall–Kier alpha value is -1.06. The fourth-order valence-electron chi connectivity index (χ4n) is 3.46. The molecule has 120 valence electrons. The Labute approximate surface area is 127 Å². The van der Waals surface area contributed by atoms with E-state index in [0.717, 1.165) is 51.4 Å². The smallest absolute Gasteiger partial charge is 0.326 e. The summed E-state index contributed by atoms with van der Waals surface area (Å²) in [4.78, 5) is 25.2. The predicted octanol–water partition coefficient (Wildman–Crippen LogP) is 3.97. The number of unbranched alkanes of at least 4 members (excludes halogenated alkanes) is 2. The summed E-state index contributed by atoms with van der Waals surface area (Å²) >= 11 is 0. The molecule has 1 aliphatic heterocycles. The van der Waals surface area contributed by atoms with Gasteiger partial charge in [-0.2, -0.15) is 0 Å². The number of carbonyl (C=O) groups is 2. The zero-order valence-electron chi connectivity index (χ0n) is 13.4. The Balaban J connectivity index is 2.09. The molecule has 4 nitrogen and oxygen atoms in total. The van der Waals surface area contributed by atoms with Crippen LogP contribution in [0, 0.1) is 11.3 Å².